The van der Waals surface area contributed by atoms with Gasteiger partial charge in [0.25, 0.3) is 0 Å². The van der Waals surface area contributed by atoms with E-state index in [1.165, 1.54) is 6.20 Å². The van der Waals surface area contributed by atoms with Gasteiger partial charge in [-0.05, 0) is 19.8 Å². The molecule has 0 bridgehead atoms. The molecule has 3 heterocycles. The lowest BCUT2D eigenvalue weighted by Crippen LogP contribution is -2.21. The molecule has 0 radical (unpaired) electrons. The van der Waals surface area contributed by atoms with Crippen LogP contribution in [0.3, 0.4) is 0 Å². The quantitative estimate of drug-likeness (QED) is 0.640. The van der Waals surface area contributed by atoms with Crippen LogP contribution in [0, 0.1) is 12.7 Å². The molecule has 0 atom stereocenters. The van der Waals surface area contributed by atoms with Crippen LogP contribution in [0.5, 0.6) is 0 Å². The van der Waals surface area contributed by atoms with E-state index in [9.17, 15) is 4.39 Å². The summed E-state index contributed by atoms with van der Waals surface area (Å²) >= 11 is 3.22. The van der Waals surface area contributed by atoms with E-state index in [-0.39, 0.29) is 5.82 Å². The maximum absolute atomic E-state index is 13.8. The zero-order valence-electron chi connectivity index (χ0n) is 12.3. The fourth-order valence-electron chi connectivity index (χ4n) is 2.23. The first-order chi connectivity index (χ1) is 10.7. The Kier molecular flexibility index (Phi) is 5.04. The highest BCUT2D eigenvalue weighted by molar-refractivity contribution is 8.01. The van der Waals surface area contributed by atoms with Crippen molar-refractivity contribution in [1.29, 1.82) is 0 Å². The van der Waals surface area contributed by atoms with Crippen LogP contribution in [0.1, 0.15) is 17.8 Å². The number of thioether (sulfide) groups is 1. The molecule has 1 fully saturated rings. The SMILES string of the molecule is Cc1nnc(SCCNc2ncc(F)c(N3CCCC3)n2)s1. The van der Waals surface area contributed by atoms with E-state index in [0.717, 1.165) is 41.0 Å². The molecule has 9 heteroatoms. The third kappa shape index (κ3) is 3.83. The van der Waals surface area contributed by atoms with Gasteiger partial charge in [-0.2, -0.15) is 4.98 Å². The fraction of sp³-hybridized carbons (Fsp3) is 0.538. The summed E-state index contributed by atoms with van der Waals surface area (Å²) in [6.07, 6.45) is 3.42. The second-order valence-corrected chi connectivity index (χ2v) is 7.45. The van der Waals surface area contributed by atoms with E-state index in [4.69, 9.17) is 0 Å². The van der Waals surface area contributed by atoms with E-state index in [0.29, 0.717) is 18.3 Å². The predicted molar refractivity (Wildman–Crippen MR) is 87.3 cm³/mol. The molecule has 0 saturated carbocycles. The van der Waals surface area contributed by atoms with Gasteiger partial charge in [-0.15, -0.1) is 10.2 Å². The van der Waals surface area contributed by atoms with Crippen molar-refractivity contribution in [3.63, 3.8) is 0 Å². The van der Waals surface area contributed by atoms with Gasteiger partial charge in [0.05, 0.1) is 6.20 Å². The molecule has 0 amide bonds. The highest BCUT2D eigenvalue weighted by Crippen LogP contribution is 2.23. The topological polar surface area (TPSA) is 66.8 Å². The Morgan fingerprint density at radius 1 is 1.36 bits per heavy atom. The third-order valence-electron chi connectivity index (χ3n) is 3.25. The minimum atomic E-state index is -0.355. The van der Waals surface area contributed by atoms with Crippen LogP contribution >= 0.6 is 23.1 Å². The van der Waals surface area contributed by atoms with Crippen molar-refractivity contribution in [3.8, 4) is 0 Å². The van der Waals surface area contributed by atoms with Gasteiger partial charge in [0.2, 0.25) is 5.95 Å². The van der Waals surface area contributed by atoms with Crippen molar-refractivity contribution in [2.24, 2.45) is 0 Å². The molecule has 22 heavy (non-hydrogen) atoms. The van der Waals surface area contributed by atoms with Crippen LogP contribution in [0.2, 0.25) is 0 Å². The molecule has 6 nitrogen and oxygen atoms in total. The van der Waals surface area contributed by atoms with Crippen molar-refractivity contribution < 1.29 is 4.39 Å². The highest BCUT2D eigenvalue weighted by atomic mass is 32.2. The van der Waals surface area contributed by atoms with Crippen molar-refractivity contribution in [3.05, 3.63) is 17.0 Å². The average molecular weight is 340 g/mol. The molecule has 1 N–H and O–H groups in total. The maximum atomic E-state index is 13.8. The Morgan fingerprint density at radius 2 is 2.18 bits per heavy atom. The van der Waals surface area contributed by atoms with Gasteiger partial charge >= 0.3 is 0 Å². The lowest BCUT2D eigenvalue weighted by atomic mass is 10.4. The molecule has 3 rings (SSSR count). The van der Waals surface area contributed by atoms with Crippen molar-refractivity contribution >= 4 is 34.9 Å². The first-order valence-electron chi connectivity index (χ1n) is 7.16. The summed E-state index contributed by atoms with van der Waals surface area (Å²) in [5, 5.41) is 12.1. The first-order valence-corrected chi connectivity index (χ1v) is 8.97. The van der Waals surface area contributed by atoms with E-state index < -0.39 is 0 Å². The number of nitrogens with one attached hydrogen (secondary N) is 1. The number of anilines is 2. The van der Waals surface area contributed by atoms with Crippen LogP contribution in [-0.2, 0) is 0 Å². The number of aryl methyl sites for hydroxylation is 1. The van der Waals surface area contributed by atoms with E-state index in [1.54, 1.807) is 23.1 Å². The van der Waals surface area contributed by atoms with Crippen LogP contribution in [0.4, 0.5) is 16.2 Å². The molecule has 2 aromatic heterocycles. The smallest absolute Gasteiger partial charge is 0.224 e. The fourth-order valence-corrected chi connectivity index (χ4v) is 3.97. The molecular formula is C13H17FN6S2. The predicted octanol–water partition coefficient (Wildman–Crippen LogP) is 2.58. The van der Waals surface area contributed by atoms with Gasteiger partial charge in [-0.1, -0.05) is 23.1 Å². The molecule has 1 aliphatic rings. The molecule has 1 aliphatic heterocycles. The minimum absolute atomic E-state index is 0.355. The molecule has 2 aromatic rings. The molecular weight excluding hydrogens is 323 g/mol. The Morgan fingerprint density at radius 3 is 2.91 bits per heavy atom. The lowest BCUT2D eigenvalue weighted by molar-refractivity contribution is 0.608. The zero-order valence-corrected chi connectivity index (χ0v) is 13.9. The minimum Gasteiger partial charge on any atom is -0.354 e. The Hall–Kier alpha value is -1.48. The van der Waals surface area contributed by atoms with Crippen LogP contribution in [0.25, 0.3) is 0 Å². The Bertz CT molecular complexity index is 629. The standard InChI is InChI=1S/C13H17FN6S2/c1-9-18-19-13(22-9)21-7-4-15-12-16-8-10(14)11(17-12)20-5-2-3-6-20/h8H,2-7H2,1H3,(H,15,16,17). The first kappa shape index (κ1) is 15.4. The summed E-state index contributed by atoms with van der Waals surface area (Å²) in [7, 11) is 0. The monoisotopic (exact) mass is 340 g/mol. The average Bonchev–Trinajstić information content (AvgIpc) is 3.17. The van der Waals surface area contributed by atoms with E-state index in [1.807, 2.05) is 11.8 Å². The number of halogens is 1. The molecule has 1 saturated heterocycles. The number of hydrogen-bond donors (Lipinski definition) is 1. The summed E-state index contributed by atoms with van der Waals surface area (Å²) in [5.74, 6) is 1.35. The van der Waals surface area contributed by atoms with Gasteiger partial charge in [-0.25, -0.2) is 9.37 Å². The number of hydrogen-bond acceptors (Lipinski definition) is 8. The highest BCUT2D eigenvalue weighted by Gasteiger charge is 2.18. The molecule has 0 unspecified atom stereocenters. The van der Waals surface area contributed by atoms with Crippen molar-refractivity contribution in [2.75, 3.05) is 35.6 Å². The van der Waals surface area contributed by atoms with E-state index in [2.05, 4.69) is 25.5 Å². The van der Waals surface area contributed by atoms with Crippen molar-refractivity contribution in [2.45, 2.75) is 24.1 Å². The van der Waals surface area contributed by atoms with E-state index >= 15 is 0 Å². The summed E-state index contributed by atoms with van der Waals surface area (Å²) in [5.41, 5.74) is 0. The zero-order chi connectivity index (χ0) is 15.4. The van der Waals surface area contributed by atoms with Gasteiger partial charge in [-0.3, -0.25) is 0 Å². The normalized spacial score (nSPS) is 14.5. The molecule has 118 valence electrons. The second-order valence-electron chi connectivity index (χ2n) is 4.92. The number of rotatable bonds is 6. The number of aromatic nitrogens is 4. The van der Waals surface area contributed by atoms with Crippen molar-refractivity contribution in [1.82, 2.24) is 20.2 Å². The summed E-state index contributed by atoms with van der Waals surface area (Å²) in [6, 6.07) is 0. The van der Waals surface area contributed by atoms with Crippen LogP contribution < -0.4 is 10.2 Å². The van der Waals surface area contributed by atoms with Crippen LogP contribution in [-0.4, -0.2) is 45.6 Å². The summed E-state index contributed by atoms with van der Waals surface area (Å²) in [6.45, 7) is 4.35. The molecule has 0 aromatic carbocycles. The Balaban J connectivity index is 1.52. The number of nitrogens with zero attached hydrogens (tertiary/aromatic N) is 5. The summed E-state index contributed by atoms with van der Waals surface area (Å²) < 4.78 is 14.8. The third-order valence-corrected chi connectivity index (χ3v) is 5.22. The Labute approximate surface area is 136 Å². The van der Waals surface area contributed by atoms with Gasteiger partial charge in [0.1, 0.15) is 5.01 Å². The maximum Gasteiger partial charge on any atom is 0.224 e. The van der Waals surface area contributed by atoms with Gasteiger partial charge in [0.15, 0.2) is 16.0 Å². The molecule has 0 spiro atoms. The van der Waals surface area contributed by atoms with Gasteiger partial charge in [0, 0.05) is 25.4 Å². The van der Waals surface area contributed by atoms with Crippen LogP contribution in [0.15, 0.2) is 10.5 Å². The molecule has 0 aliphatic carbocycles. The lowest BCUT2D eigenvalue weighted by Gasteiger charge is -2.17. The van der Waals surface area contributed by atoms with Gasteiger partial charge < -0.3 is 10.2 Å². The largest absolute Gasteiger partial charge is 0.354 e. The summed E-state index contributed by atoms with van der Waals surface area (Å²) in [4.78, 5) is 10.3. The second kappa shape index (κ2) is 7.19.